The molecule has 1 aromatic rings. The Morgan fingerprint density at radius 3 is 2.76 bits per heavy atom. The highest BCUT2D eigenvalue weighted by molar-refractivity contribution is 5.78. The predicted octanol–water partition coefficient (Wildman–Crippen LogP) is 4.58. The predicted molar refractivity (Wildman–Crippen MR) is 71.7 cm³/mol. The number of nitriles is 1. The number of hydrogen-bond acceptors (Lipinski definition) is 1. The summed E-state index contributed by atoms with van der Waals surface area (Å²) in [7, 11) is 0. The first-order valence-corrected chi connectivity index (χ1v) is 6.32. The summed E-state index contributed by atoms with van der Waals surface area (Å²) in [4.78, 5) is 0. The Bertz CT molecular complexity index is 503. The minimum Gasteiger partial charge on any atom is -0.198 e. The van der Waals surface area contributed by atoms with Crippen LogP contribution < -0.4 is 0 Å². The van der Waals surface area contributed by atoms with E-state index < -0.39 is 0 Å². The van der Waals surface area contributed by atoms with Crippen LogP contribution in [0, 0.1) is 18.3 Å². The second-order valence-electron chi connectivity index (χ2n) is 4.99. The van der Waals surface area contributed by atoms with Crippen molar-refractivity contribution in [3.8, 4) is 6.07 Å². The molecule has 17 heavy (non-hydrogen) atoms. The standard InChI is InChI=1S/C16H19N/c1-11-7-8-15-13(3)12(2)14(16(15)10-11)6-4-5-9-17/h7-8,10,13H,4-6H2,1-3H3. The van der Waals surface area contributed by atoms with E-state index in [0.29, 0.717) is 12.3 Å². The molecule has 0 amide bonds. The molecule has 0 aliphatic heterocycles. The minimum absolute atomic E-state index is 0.544. The molecule has 0 radical (unpaired) electrons. The molecular weight excluding hydrogens is 206 g/mol. The van der Waals surface area contributed by atoms with Crippen molar-refractivity contribution in [1.29, 1.82) is 5.26 Å². The highest BCUT2D eigenvalue weighted by atomic mass is 14.3. The van der Waals surface area contributed by atoms with E-state index >= 15 is 0 Å². The van der Waals surface area contributed by atoms with E-state index in [1.807, 2.05) is 0 Å². The first-order valence-electron chi connectivity index (χ1n) is 6.32. The van der Waals surface area contributed by atoms with Gasteiger partial charge in [0.05, 0.1) is 6.07 Å². The van der Waals surface area contributed by atoms with Crippen LogP contribution in [0.5, 0.6) is 0 Å². The molecule has 0 bridgehead atoms. The Balaban J connectivity index is 2.32. The summed E-state index contributed by atoms with van der Waals surface area (Å²) < 4.78 is 0. The molecule has 1 nitrogen and oxygen atoms in total. The average molecular weight is 225 g/mol. The van der Waals surface area contributed by atoms with Crippen LogP contribution in [-0.2, 0) is 0 Å². The maximum Gasteiger partial charge on any atom is 0.0621 e. The molecule has 2 rings (SSSR count). The van der Waals surface area contributed by atoms with Gasteiger partial charge in [0.25, 0.3) is 0 Å². The van der Waals surface area contributed by atoms with Gasteiger partial charge in [-0.3, -0.25) is 0 Å². The number of allylic oxidation sites excluding steroid dienone is 2. The van der Waals surface area contributed by atoms with Gasteiger partial charge in [0.15, 0.2) is 0 Å². The van der Waals surface area contributed by atoms with E-state index in [1.165, 1.54) is 27.8 Å². The fourth-order valence-corrected chi connectivity index (χ4v) is 2.69. The summed E-state index contributed by atoms with van der Waals surface area (Å²) in [5, 5.41) is 8.63. The molecule has 1 aliphatic carbocycles. The Labute approximate surface area is 104 Å². The van der Waals surface area contributed by atoms with Crippen molar-refractivity contribution in [1.82, 2.24) is 0 Å². The molecule has 0 fully saturated rings. The zero-order valence-corrected chi connectivity index (χ0v) is 10.9. The molecule has 0 aromatic heterocycles. The Hall–Kier alpha value is -1.55. The molecule has 1 aromatic carbocycles. The molecule has 0 saturated carbocycles. The van der Waals surface area contributed by atoms with Gasteiger partial charge in [-0.1, -0.05) is 36.3 Å². The van der Waals surface area contributed by atoms with Gasteiger partial charge in [-0.15, -0.1) is 0 Å². The Kier molecular flexibility index (Phi) is 3.33. The zero-order chi connectivity index (χ0) is 12.4. The molecule has 0 heterocycles. The molecule has 0 saturated heterocycles. The number of aryl methyl sites for hydroxylation is 1. The normalized spacial score (nSPS) is 18.1. The van der Waals surface area contributed by atoms with Crippen LogP contribution in [0.4, 0.5) is 0 Å². The van der Waals surface area contributed by atoms with Gasteiger partial charge in [0, 0.05) is 12.3 Å². The third kappa shape index (κ3) is 2.13. The van der Waals surface area contributed by atoms with Crippen molar-refractivity contribution < 1.29 is 0 Å². The number of benzene rings is 1. The van der Waals surface area contributed by atoms with Crippen molar-refractivity contribution in [3.63, 3.8) is 0 Å². The van der Waals surface area contributed by atoms with Crippen LogP contribution in [-0.4, -0.2) is 0 Å². The van der Waals surface area contributed by atoms with Gasteiger partial charge in [0.2, 0.25) is 0 Å². The molecule has 0 N–H and O–H groups in total. The zero-order valence-electron chi connectivity index (χ0n) is 10.9. The van der Waals surface area contributed by atoms with E-state index in [4.69, 9.17) is 5.26 Å². The van der Waals surface area contributed by atoms with Crippen LogP contribution >= 0.6 is 0 Å². The summed E-state index contributed by atoms with van der Waals surface area (Å²) in [5.74, 6) is 0.544. The van der Waals surface area contributed by atoms with Crippen molar-refractivity contribution in [2.24, 2.45) is 0 Å². The largest absolute Gasteiger partial charge is 0.198 e. The van der Waals surface area contributed by atoms with Crippen LogP contribution in [0.15, 0.2) is 23.8 Å². The maximum atomic E-state index is 8.63. The van der Waals surface area contributed by atoms with Gasteiger partial charge in [-0.2, -0.15) is 5.26 Å². The number of hydrogen-bond donors (Lipinski definition) is 0. The second kappa shape index (κ2) is 4.75. The molecule has 1 heteroatoms. The maximum absolute atomic E-state index is 8.63. The van der Waals surface area contributed by atoms with Crippen molar-refractivity contribution in [2.45, 2.75) is 46.0 Å². The van der Waals surface area contributed by atoms with Gasteiger partial charge >= 0.3 is 0 Å². The fourth-order valence-electron chi connectivity index (χ4n) is 2.69. The molecule has 1 atom stereocenters. The lowest BCUT2D eigenvalue weighted by molar-refractivity contribution is 0.876. The topological polar surface area (TPSA) is 23.8 Å². The van der Waals surface area contributed by atoms with Gasteiger partial charge < -0.3 is 0 Å². The third-order valence-corrected chi connectivity index (χ3v) is 3.84. The molecule has 1 unspecified atom stereocenters. The van der Waals surface area contributed by atoms with E-state index in [2.05, 4.69) is 45.0 Å². The summed E-state index contributed by atoms with van der Waals surface area (Å²) >= 11 is 0. The van der Waals surface area contributed by atoms with Gasteiger partial charge in [0.1, 0.15) is 0 Å². The lowest BCUT2D eigenvalue weighted by atomic mass is 9.97. The van der Waals surface area contributed by atoms with E-state index in [1.54, 1.807) is 0 Å². The van der Waals surface area contributed by atoms with Crippen LogP contribution in [0.25, 0.3) is 5.57 Å². The Morgan fingerprint density at radius 1 is 1.29 bits per heavy atom. The van der Waals surface area contributed by atoms with E-state index in [0.717, 1.165) is 12.8 Å². The van der Waals surface area contributed by atoms with Crippen LogP contribution in [0.2, 0.25) is 0 Å². The quantitative estimate of drug-likeness (QED) is 0.691. The lowest BCUT2D eigenvalue weighted by Crippen LogP contribution is -1.90. The monoisotopic (exact) mass is 225 g/mol. The summed E-state index contributed by atoms with van der Waals surface area (Å²) in [6.07, 6.45) is 2.68. The number of fused-ring (bicyclic) bond motifs is 1. The smallest absolute Gasteiger partial charge is 0.0621 e. The molecule has 88 valence electrons. The summed E-state index contributed by atoms with van der Waals surface area (Å²) in [6, 6.07) is 8.98. The van der Waals surface area contributed by atoms with Crippen LogP contribution in [0.1, 0.15) is 55.7 Å². The molecule has 1 aliphatic rings. The first-order chi connectivity index (χ1) is 8.15. The first kappa shape index (κ1) is 11.9. The Morgan fingerprint density at radius 2 is 2.06 bits per heavy atom. The van der Waals surface area contributed by atoms with Crippen LogP contribution in [0.3, 0.4) is 0 Å². The third-order valence-electron chi connectivity index (χ3n) is 3.84. The average Bonchev–Trinajstić information content (AvgIpc) is 2.54. The van der Waals surface area contributed by atoms with E-state index in [-0.39, 0.29) is 0 Å². The number of unbranched alkanes of at least 4 members (excludes halogenated alkanes) is 1. The highest BCUT2D eigenvalue weighted by Gasteiger charge is 2.24. The van der Waals surface area contributed by atoms with Crippen molar-refractivity contribution >= 4 is 5.57 Å². The lowest BCUT2D eigenvalue weighted by Gasteiger charge is -2.07. The minimum atomic E-state index is 0.544. The van der Waals surface area contributed by atoms with Crippen molar-refractivity contribution in [2.75, 3.05) is 0 Å². The summed E-state index contributed by atoms with van der Waals surface area (Å²) in [6.45, 7) is 6.66. The van der Waals surface area contributed by atoms with Gasteiger partial charge in [-0.25, -0.2) is 0 Å². The number of rotatable bonds is 3. The SMILES string of the molecule is CC1=C(CCCC#N)c2cc(C)ccc2C1C. The van der Waals surface area contributed by atoms with E-state index in [9.17, 15) is 0 Å². The molecular formula is C16H19N. The molecule has 0 spiro atoms. The van der Waals surface area contributed by atoms with Gasteiger partial charge in [-0.05, 0) is 43.4 Å². The summed E-state index contributed by atoms with van der Waals surface area (Å²) in [5.41, 5.74) is 7.17. The fraction of sp³-hybridized carbons (Fsp3) is 0.438. The highest BCUT2D eigenvalue weighted by Crippen LogP contribution is 2.43. The van der Waals surface area contributed by atoms with Crippen molar-refractivity contribution in [3.05, 3.63) is 40.5 Å². The number of nitrogens with zero attached hydrogens (tertiary/aromatic N) is 1. The second-order valence-corrected chi connectivity index (χ2v) is 4.99.